The number of anilines is 1. The number of thiazole rings is 1. The van der Waals surface area contributed by atoms with E-state index in [0.29, 0.717) is 6.54 Å². The lowest BCUT2D eigenvalue weighted by Gasteiger charge is -2.17. The van der Waals surface area contributed by atoms with E-state index < -0.39 is 5.41 Å². The molecule has 1 aliphatic rings. The van der Waals surface area contributed by atoms with Crippen molar-refractivity contribution in [1.82, 2.24) is 10.3 Å². The van der Waals surface area contributed by atoms with Crippen LogP contribution >= 0.6 is 22.7 Å². The number of rotatable bonds is 6. The zero-order valence-electron chi connectivity index (χ0n) is 17.3. The van der Waals surface area contributed by atoms with Crippen molar-refractivity contribution in [3.05, 3.63) is 46.7 Å². The van der Waals surface area contributed by atoms with Crippen molar-refractivity contribution in [3.63, 3.8) is 0 Å². The quantitative estimate of drug-likeness (QED) is 0.529. The lowest BCUT2D eigenvalue weighted by molar-refractivity contribution is -0.128. The smallest absolute Gasteiger partial charge is 0.227 e. The van der Waals surface area contributed by atoms with Gasteiger partial charge in [-0.3, -0.25) is 9.59 Å². The van der Waals surface area contributed by atoms with Gasteiger partial charge in [-0.1, -0.05) is 32.9 Å². The van der Waals surface area contributed by atoms with E-state index >= 15 is 0 Å². The second kappa shape index (κ2) is 8.32. The molecule has 156 valence electrons. The highest BCUT2D eigenvalue weighted by Crippen LogP contribution is 2.34. The van der Waals surface area contributed by atoms with Gasteiger partial charge in [0.1, 0.15) is 5.01 Å². The van der Waals surface area contributed by atoms with E-state index in [1.165, 1.54) is 0 Å². The predicted octanol–water partition coefficient (Wildman–Crippen LogP) is 5.55. The van der Waals surface area contributed by atoms with Gasteiger partial charge in [-0.15, -0.1) is 22.7 Å². The summed E-state index contributed by atoms with van der Waals surface area (Å²) in [5.74, 6) is 0.333. The molecule has 7 heteroatoms. The van der Waals surface area contributed by atoms with Crippen LogP contribution in [0.1, 0.15) is 38.5 Å². The summed E-state index contributed by atoms with van der Waals surface area (Å²) in [6.07, 6.45) is 1.98. The number of thiophene rings is 1. The topological polar surface area (TPSA) is 71.1 Å². The van der Waals surface area contributed by atoms with Gasteiger partial charge in [-0.25, -0.2) is 4.98 Å². The highest BCUT2D eigenvalue weighted by molar-refractivity contribution is 7.16. The average Bonchev–Trinajstić information content (AvgIpc) is 3.25. The highest BCUT2D eigenvalue weighted by Gasteiger charge is 2.29. The zero-order valence-corrected chi connectivity index (χ0v) is 19.0. The van der Waals surface area contributed by atoms with Gasteiger partial charge in [0.05, 0.1) is 17.1 Å². The molecule has 5 nitrogen and oxygen atoms in total. The Labute approximate surface area is 184 Å². The SMILES string of the molecule is CC(C)(C)C(=O)NCc1ccc(-c2csc(-c3cccc(NC(=O)C4CC4)c3)n2)s1. The summed E-state index contributed by atoms with van der Waals surface area (Å²) < 4.78 is 0. The van der Waals surface area contributed by atoms with E-state index in [4.69, 9.17) is 4.98 Å². The van der Waals surface area contributed by atoms with E-state index in [-0.39, 0.29) is 17.7 Å². The van der Waals surface area contributed by atoms with E-state index in [9.17, 15) is 9.59 Å². The van der Waals surface area contributed by atoms with Crippen LogP contribution in [0.2, 0.25) is 0 Å². The van der Waals surface area contributed by atoms with Crippen molar-refractivity contribution in [1.29, 1.82) is 0 Å². The van der Waals surface area contributed by atoms with Gasteiger partial charge in [0.2, 0.25) is 11.8 Å². The van der Waals surface area contributed by atoms with E-state index in [1.54, 1.807) is 22.7 Å². The Hall–Kier alpha value is -2.51. The first-order valence-electron chi connectivity index (χ1n) is 10.0. The summed E-state index contributed by atoms with van der Waals surface area (Å²) in [6.45, 7) is 6.25. The molecule has 1 aliphatic carbocycles. The fraction of sp³-hybridized carbons (Fsp3) is 0.348. The van der Waals surface area contributed by atoms with Gasteiger partial charge in [0.15, 0.2) is 0 Å². The molecule has 0 spiro atoms. The van der Waals surface area contributed by atoms with Crippen LogP contribution in [0.4, 0.5) is 5.69 Å². The molecule has 2 aromatic heterocycles. The maximum Gasteiger partial charge on any atom is 0.227 e. The molecule has 4 rings (SSSR count). The molecule has 1 saturated carbocycles. The lowest BCUT2D eigenvalue weighted by Crippen LogP contribution is -2.34. The Bertz CT molecular complexity index is 1070. The van der Waals surface area contributed by atoms with Crippen LogP contribution in [0.15, 0.2) is 41.8 Å². The van der Waals surface area contributed by atoms with Crippen molar-refractivity contribution >= 4 is 40.2 Å². The summed E-state index contributed by atoms with van der Waals surface area (Å²) in [6, 6.07) is 11.9. The minimum absolute atomic E-state index is 0.0436. The van der Waals surface area contributed by atoms with Crippen LogP contribution in [-0.4, -0.2) is 16.8 Å². The molecule has 3 aromatic rings. The Morgan fingerprint density at radius 2 is 1.97 bits per heavy atom. The molecule has 1 aromatic carbocycles. The van der Waals surface area contributed by atoms with Gasteiger partial charge in [-0.2, -0.15) is 0 Å². The first kappa shape index (κ1) is 20.8. The molecule has 0 radical (unpaired) electrons. The largest absolute Gasteiger partial charge is 0.351 e. The number of amides is 2. The van der Waals surface area contributed by atoms with Gasteiger partial charge in [0, 0.05) is 32.8 Å². The molecule has 1 fully saturated rings. The molecular weight excluding hydrogens is 414 g/mol. The minimum Gasteiger partial charge on any atom is -0.351 e. The molecule has 0 atom stereocenters. The standard InChI is InChI=1S/C23H25N3O2S2/c1-23(2,3)22(28)24-12-17-9-10-19(30-17)18-13-29-21(26-18)15-5-4-6-16(11-15)25-20(27)14-7-8-14/h4-6,9-11,13-14H,7-8,12H2,1-3H3,(H,24,28)(H,25,27). The Kier molecular flexibility index (Phi) is 5.75. The second-order valence-corrected chi connectivity index (χ2v) is 10.6. The molecule has 2 amide bonds. The molecule has 0 unspecified atom stereocenters. The Morgan fingerprint density at radius 1 is 1.17 bits per heavy atom. The van der Waals surface area contributed by atoms with Gasteiger partial charge < -0.3 is 10.6 Å². The summed E-state index contributed by atoms with van der Waals surface area (Å²) in [4.78, 5) is 31.1. The maximum absolute atomic E-state index is 12.1. The number of nitrogens with one attached hydrogen (secondary N) is 2. The van der Waals surface area contributed by atoms with E-state index in [1.807, 2.05) is 62.5 Å². The Morgan fingerprint density at radius 3 is 2.70 bits per heavy atom. The second-order valence-electron chi connectivity index (χ2n) is 8.58. The average molecular weight is 440 g/mol. The van der Waals surface area contributed by atoms with E-state index in [2.05, 4.69) is 10.6 Å². The number of hydrogen-bond donors (Lipinski definition) is 2. The third-order valence-electron chi connectivity index (χ3n) is 4.85. The van der Waals surface area contributed by atoms with Gasteiger partial charge in [-0.05, 0) is 37.1 Å². The van der Waals surface area contributed by atoms with Crippen molar-refractivity contribution in [3.8, 4) is 21.1 Å². The molecular formula is C23H25N3O2S2. The highest BCUT2D eigenvalue weighted by atomic mass is 32.1. The van der Waals surface area contributed by atoms with Gasteiger partial charge >= 0.3 is 0 Å². The zero-order chi connectivity index (χ0) is 21.3. The van der Waals surface area contributed by atoms with Crippen LogP contribution in [0, 0.1) is 11.3 Å². The fourth-order valence-electron chi connectivity index (χ4n) is 2.88. The van der Waals surface area contributed by atoms with Gasteiger partial charge in [0.25, 0.3) is 0 Å². The first-order valence-corrected chi connectivity index (χ1v) is 11.7. The maximum atomic E-state index is 12.1. The molecule has 0 bridgehead atoms. The minimum atomic E-state index is -0.392. The predicted molar refractivity (Wildman–Crippen MR) is 124 cm³/mol. The molecule has 2 N–H and O–H groups in total. The van der Waals surface area contributed by atoms with Crippen molar-refractivity contribution < 1.29 is 9.59 Å². The normalized spacial score (nSPS) is 13.8. The number of aromatic nitrogens is 1. The third-order valence-corrected chi connectivity index (χ3v) is 6.85. The van der Waals surface area contributed by atoms with Crippen LogP contribution in [0.25, 0.3) is 21.1 Å². The first-order chi connectivity index (χ1) is 14.3. The fourth-order valence-corrected chi connectivity index (χ4v) is 4.68. The van der Waals surface area contributed by atoms with Crippen LogP contribution in [0.3, 0.4) is 0 Å². The Balaban J connectivity index is 1.44. The molecule has 0 aliphatic heterocycles. The van der Waals surface area contributed by atoms with E-state index in [0.717, 1.165) is 44.5 Å². The van der Waals surface area contributed by atoms with Crippen molar-refractivity contribution in [2.24, 2.45) is 11.3 Å². The molecule has 0 saturated heterocycles. The number of carbonyl (C=O) groups is 2. The van der Waals surface area contributed by atoms with Crippen LogP contribution < -0.4 is 10.6 Å². The summed E-state index contributed by atoms with van der Waals surface area (Å²) >= 11 is 3.23. The third kappa shape index (κ3) is 4.96. The molecule has 30 heavy (non-hydrogen) atoms. The summed E-state index contributed by atoms with van der Waals surface area (Å²) in [5, 5.41) is 8.95. The molecule has 2 heterocycles. The van der Waals surface area contributed by atoms with Crippen LogP contribution in [-0.2, 0) is 16.1 Å². The number of carbonyl (C=O) groups excluding carboxylic acids is 2. The lowest BCUT2D eigenvalue weighted by atomic mass is 9.96. The van der Waals surface area contributed by atoms with Crippen molar-refractivity contribution in [2.45, 2.75) is 40.2 Å². The number of hydrogen-bond acceptors (Lipinski definition) is 5. The summed E-state index contributed by atoms with van der Waals surface area (Å²) in [7, 11) is 0. The number of benzene rings is 1. The van der Waals surface area contributed by atoms with Crippen LogP contribution in [0.5, 0.6) is 0 Å². The number of nitrogens with zero attached hydrogens (tertiary/aromatic N) is 1. The van der Waals surface area contributed by atoms with Crippen molar-refractivity contribution in [2.75, 3.05) is 5.32 Å². The summed E-state index contributed by atoms with van der Waals surface area (Å²) in [5.41, 5.74) is 2.35. The monoisotopic (exact) mass is 439 g/mol.